The summed E-state index contributed by atoms with van der Waals surface area (Å²) in [7, 11) is 0. The molecule has 0 saturated carbocycles. The van der Waals surface area contributed by atoms with Crippen LogP contribution in [0.25, 0.3) is 0 Å². The third kappa shape index (κ3) is 12.1. The number of nitriles is 1. The van der Waals surface area contributed by atoms with Crippen LogP contribution < -0.4 is 0 Å². The molecule has 0 aliphatic carbocycles. The van der Waals surface area contributed by atoms with Gasteiger partial charge in [0.1, 0.15) is 0 Å². The number of nitrogens with zero attached hydrogens (tertiary/aromatic N) is 1. The Labute approximate surface area is 55.0 Å². The Morgan fingerprint density at radius 1 is 1.75 bits per heavy atom. The molecule has 0 spiro atoms. The zero-order chi connectivity index (χ0) is 2.71. The molecule has 0 aliphatic heterocycles. The summed E-state index contributed by atoms with van der Waals surface area (Å²) in [6.07, 6.45) is 0. The van der Waals surface area contributed by atoms with E-state index >= 15 is 0 Å². The zero-order valence-electron chi connectivity index (χ0n) is 1.26. The molecular weight excluding hydrogens is 108 g/mol. The van der Waals surface area contributed by atoms with Gasteiger partial charge in [-0.15, -0.1) is 0 Å². The third-order valence-corrected chi connectivity index (χ3v) is 0. The molecule has 0 amide bonds. The van der Waals surface area contributed by atoms with Crippen LogP contribution in [-0.2, 0) is 15.5 Å². The predicted octanol–water partition coefficient (Wildman–Crippen LogP) is -0.634. The fourth-order valence-corrected chi connectivity index (χ4v) is 0. The average molecular weight is 109 g/mol. The average Bonchev–Trinajstić information content (AvgIpc) is 0.918. The van der Waals surface area contributed by atoms with Gasteiger partial charge in [-0.2, -0.15) is 0 Å². The molecule has 0 unspecified atom stereocenters. The summed E-state index contributed by atoms with van der Waals surface area (Å²) in [6.45, 7) is 0. The Hall–Kier alpha value is 0.984. The third-order valence-electron chi connectivity index (χ3n) is 0. The minimum atomic E-state index is 0. The molecule has 3 heteroatoms. The SMILES string of the molecule is N#[C][Ni].[NaH]. The number of hydrogen-bond donors (Lipinski definition) is 0. The van der Waals surface area contributed by atoms with Crippen LogP contribution in [0.15, 0.2) is 0 Å². The fourth-order valence-electron chi connectivity index (χ4n) is 0. The van der Waals surface area contributed by atoms with Crippen LogP contribution in [-0.4, -0.2) is 29.6 Å². The van der Waals surface area contributed by atoms with E-state index in [-0.39, 0.29) is 29.6 Å². The Bertz CT molecular complexity index is 29.5. The van der Waals surface area contributed by atoms with Crippen molar-refractivity contribution in [3.05, 3.63) is 0 Å². The summed E-state index contributed by atoms with van der Waals surface area (Å²) in [6, 6.07) is 0. The van der Waals surface area contributed by atoms with Crippen molar-refractivity contribution in [2.45, 2.75) is 0 Å². The van der Waals surface area contributed by atoms with Crippen LogP contribution in [0.2, 0.25) is 0 Å². The standard InChI is InChI=1S/CN.Na.Ni.H/c1-2;;;. The van der Waals surface area contributed by atoms with Gasteiger partial charge in [0, 0.05) is 0 Å². The minimum absolute atomic E-state index is 0. The van der Waals surface area contributed by atoms with Crippen molar-refractivity contribution in [3.8, 4) is 5.04 Å². The van der Waals surface area contributed by atoms with Crippen LogP contribution in [0.1, 0.15) is 0 Å². The van der Waals surface area contributed by atoms with E-state index in [0.29, 0.717) is 0 Å². The second kappa shape index (κ2) is 9.01. The van der Waals surface area contributed by atoms with Gasteiger partial charge in [-0.05, 0) is 0 Å². The van der Waals surface area contributed by atoms with Gasteiger partial charge < -0.3 is 0 Å². The van der Waals surface area contributed by atoms with Gasteiger partial charge in [0.2, 0.25) is 0 Å². The van der Waals surface area contributed by atoms with Gasteiger partial charge in [0.05, 0.1) is 0 Å². The molecule has 0 aromatic rings. The van der Waals surface area contributed by atoms with E-state index in [0.717, 1.165) is 0 Å². The van der Waals surface area contributed by atoms with Crippen molar-refractivity contribution >= 4 is 29.6 Å². The molecule has 0 aromatic heterocycles. The fraction of sp³-hybridized carbons (Fsp3) is 0. The van der Waals surface area contributed by atoms with Gasteiger partial charge in [0.15, 0.2) is 0 Å². The van der Waals surface area contributed by atoms with Crippen LogP contribution in [0.4, 0.5) is 0 Å². The Morgan fingerprint density at radius 2 is 1.75 bits per heavy atom. The zero-order valence-corrected chi connectivity index (χ0v) is 2.25. The molecule has 0 rings (SSSR count). The summed E-state index contributed by atoms with van der Waals surface area (Å²) in [5.41, 5.74) is 0. The van der Waals surface area contributed by atoms with E-state index in [4.69, 9.17) is 5.26 Å². The molecule has 1 nitrogen and oxygen atoms in total. The van der Waals surface area contributed by atoms with E-state index in [1.165, 1.54) is 5.04 Å². The van der Waals surface area contributed by atoms with E-state index < -0.39 is 0 Å². The van der Waals surface area contributed by atoms with Gasteiger partial charge in [-0.25, -0.2) is 0 Å². The molecule has 0 aromatic carbocycles. The first-order valence-electron chi connectivity index (χ1n) is 0.382. The van der Waals surface area contributed by atoms with Crippen molar-refractivity contribution in [1.29, 1.82) is 5.26 Å². The van der Waals surface area contributed by atoms with E-state index in [1.807, 2.05) is 0 Å². The Balaban J connectivity index is 0. The summed E-state index contributed by atoms with van der Waals surface area (Å²) in [4.78, 5) is 0. The quantitative estimate of drug-likeness (QED) is 0.379. The molecule has 0 radical (unpaired) electrons. The molecular formula is CHNNaNi. The molecule has 4 heavy (non-hydrogen) atoms. The maximum absolute atomic E-state index is 7.15. The van der Waals surface area contributed by atoms with Crippen molar-refractivity contribution in [2.75, 3.05) is 0 Å². The van der Waals surface area contributed by atoms with Crippen LogP contribution >= 0.6 is 0 Å². The Morgan fingerprint density at radius 3 is 1.75 bits per heavy atom. The normalized spacial score (nSPS) is 2.25. The molecule has 0 N–H and O–H groups in total. The molecule has 0 fully saturated rings. The number of hydrogen-bond acceptors (Lipinski definition) is 1. The van der Waals surface area contributed by atoms with Crippen molar-refractivity contribution < 1.29 is 15.5 Å². The summed E-state index contributed by atoms with van der Waals surface area (Å²) in [5.74, 6) is 0. The summed E-state index contributed by atoms with van der Waals surface area (Å²) < 4.78 is 0. The number of rotatable bonds is 0. The van der Waals surface area contributed by atoms with E-state index in [9.17, 15) is 0 Å². The first kappa shape index (κ1) is 8.88. The molecule has 0 bridgehead atoms. The van der Waals surface area contributed by atoms with Crippen LogP contribution in [0.3, 0.4) is 0 Å². The summed E-state index contributed by atoms with van der Waals surface area (Å²) in [5, 5.41) is 8.53. The first-order valence-corrected chi connectivity index (χ1v) is 0.876. The van der Waals surface area contributed by atoms with Gasteiger partial charge in [0.25, 0.3) is 0 Å². The molecule has 0 aliphatic rings. The van der Waals surface area contributed by atoms with Gasteiger partial charge in [-0.3, -0.25) is 0 Å². The maximum atomic E-state index is 7.15. The van der Waals surface area contributed by atoms with E-state index in [2.05, 4.69) is 15.5 Å². The molecule has 0 heterocycles. The molecule has 0 saturated heterocycles. The van der Waals surface area contributed by atoms with Crippen molar-refractivity contribution in [3.63, 3.8) is 0 Å². The van der Waals surface area contributed by atoms with Gasteiger partial charge in [-0.1, -0.05) is 0 Å². The molecule has 21 valence electrons. The van der Waals surface area contributed by atoms with E-state index in [1.54, 1.807) is 0 Å². The topological polar surface area (TPSA) is 23.8 Å². The van der Waals surface area contributed by atoms with Crippen molar-refractivity contribution in [2.24, 2.45) is 0 Å². The molecule has 0 atom stereocenters. The Kier molecular flexibility index (Phi) is 20.0. The first-order chi connectivity index (χ1) is 1.41. The van der Waals surface area contributed by atoms with Crippen LogP contribution in [0, 0.1) is 10.3 Å². The predicted molar refractivity (Wildman–Crippen MR) is 12.8 cm³/mol. The summed E-state index contributed by atoms with van der Waals surface area (Å²) >= 11 is 3.47. The van der Waals surface area contributed by atoms with Crippen molar-refractivity contribution in [1.82, 2.24) is 0 Å². The van der Waals surface area contributed by atoms with Crippen LogP contribution in [0.5, 0.6) is 0 Å². The second-order valence-corrected chi connectivity index (χ2v) is 0.292. The monoisotopic (exact) mass is 108 g/mol. The second-order valence-electron chi connectivity index (χ2n) is 0.0707. The van der Waals surface area contributed by atoms with Gasteiger partial charge >= 0.3 is 55.3 Å².